The van der Waals surface area contributed by atoms with Gasteiger partial charge in [-0.3, -0.25) is 19.7 Å². The Morgan fingerprint density at radius 1 is 1.19 bits per heavy atom. The van der Waals surface area contributed by atoms with Crippen molar-refractivity contribution in [2.45, 2.75) is 44.7 Å². The summed E-state index contributed by atoms with van der Waals surface area (Å²) >= 11 is 0. The number of likely N-dealkylation sites (tertiary alicyclic amines) is 2. The zero-order valence-electron chi connectivity index (χ0n) is 15.3. The number of nitrogens with two attached hydrogens (primary N) is 1. The number of nitro groups is 1. The van der Waals surface area contributed by atoms with E-state index in [0.29, 0.717) is 37.2 Å². The minimum absolute atomic E-state index is 0. The smallest absolute Gasteiger partial charge is 0.272 e. The van der Waals surface area contributed by atoms with Gasteiger partial charge < -0.3 is 15.5 Å². The zero-order valence-corrected chi connectivity index (χ0v) is 16.1. The molecule has 0 bridgehead atoms. The molecule has 2 saturated heterocycles. The summed E-state index contributed by atoms with van der Waals surface area (Å²) in [5, 5.41) is 10.9. The standard InChI is InChI=1S/C18H24N4O4.ClH/c1-12-11-13(4-5-15(12)22(25)26)17(23)21-8-2-3-16(21)18(24)20-9-6-14(19)7-10-20;/h4-5,11,14,16H,2-3,6-10,19H2,1H3;1H. The van der Waals surface area contributed by atoms with E-state index in [4.69, 9.17) is 5.73 Å². The number of benzene rings is 1. The Balaban J connectivity index is 0.00000261. The van der Waals surface area contributed by atoms with E-state index in [1.165, 1.54) is 18.2 Å². The molecule has 0 aliphatic carbocycles. The van der Waals surface area contributed by atoms with Crippen LogP contribution in [0.15, 0.2) is 18.2 Å². The van der Waals surface area contributed by atoms with Gasteiger partial charge in [0.2, 0.25) is 5.91 Å². The number of carbonyl (C=O) groups is 2. The second-order valence-corrected chi connectivity index (χ2v) is 7.08. The summed E-state index contributed by atoms with van der Waals surface area (Å²) in [5.74, 6) is -0.256. The van der Waals surface area contributed by atoms with Gasteiger partial charge in [0.15, 0.2) is 0 Å². The highest BCUT2D eigenvalue weighted by atomic mass is 35.5. The third-order valence-corrected chi connectivity index (χ3v) is 5.29. The number of piperidine rings is 1. The maximum absolute atomic E-state index is 12.9. The van der Waals surface area contributed by atoms with Crippen LogP contribution >= 0.6 is 12.4 Å². The van der Waals surface area contributed by atoms with Crippen molar-refractivity contribution in [1.29, 1.82) is 0 Å². The zero-order chi connectivity index (χ0) is 18.8. The van der Waals surface area contributed by atoms with Crippen molar-refractivity contribution in [3.8, 4) is 0 Å². The lowest BCUT2D eigenvalue weighted by Gasteiger charge is -2.34. The van der Waals surface area contributed by atoms with Gasteiger partial charge in [-0.25, -0.2) is 0 Å². The number of halogens is 1. The summed E-state index contributed by atoms with van der Waals surface area (Å²) in [6.07, 6.45) is 3.00. The highest BCUT2D eigenvalue weighted by Crippen LogP contribution is 2.25. The van der Waals surface area contributed by atoms with Crippen molar-refractivity contribution in [2.75, 3.05) is 19.6 Å². The largest absolute Gasteiger partial charge is 0.341 e. The summed E-state index contributed by atoms with van der Waals surface area (Å²) in [4.78, 5) is 39.7. The Kier molecular flexibility index (Phi) is 6.78. The lowest BCUT2D eigenvalue weighted by atomic mass is 10.0. The van der Waals surface area contributed by atoms with Gasteiger partial charge in [0.1, 0.15) is 6.04 Å². The number of hydrogen-bond acceptors (Lipinski definition) is 5. The molecule has 2 amide bonds. The Bertz CT molecular complexity index is 734. The van der Waals surface area contributed by atoms with Crippen molar-refractivity contribution in [2.24, 2.45) is 5.73 Å². The first-order valence-corrected chi connectivity index (χ1v) is 8.99. The first-order chi connectivity index (χ1) is 12.4. The first-order valence-electron chi connectivity index (χ1n) is 8.99. The molecule has 8 nitrogen and oxygen atoms in total. The predicted molar refractivity (Wildman–Crippen MR) is 103 cm³/mol. The van der Waals surface area contributed by atoms with E-state index >= 15 is 0 Å². The van der Waals surface area contributed by atoms with Crippen LogP contribution in [0.4, 0.5) is 5.69 Å². The molecule has 2 heterocycles. The molecule has 1 unspecified atom stereocenters. The van der Waals surface area contributed by atoms with Gasteiger partial charge in [0.05, 0.1) is 4.92 Å². The summed E-state index contributed by atoms with van der Waals surface area (Å²) < 4.78 is 0. The van der Waals surface area contributed by atoms with Gasteiger partial charge in [-0.05, 0) is 44.7 Å². The van der Waals surface area contributed by atoms with Gasteiger partial charge in [-0.15, -0.1) is 12.4 Å². The summed E-state index contributed by atoms with van der Waals surface area (Å²) in [6.45, 7) is 3.40. The third-order valence-electron chi connectivity index (χ3n) is 5.29. The number of aryl methyl sites for hydroxylation is 1. The van der Waals surface area contributed by atoms with E-state index in [9.17, 15) is 19.7 Å². The summed E-state index contributed by atoms with van der Waals surface area (Å²) in [7, 11) is 0. The van der Waals surface area contributed by atoms with E-state index in [0.717, 1.165) is 19.3 Å². The highest BCUT2D eigenvalue weighted by molar-refractivity contribution is 5.98. The van der Waals surface area contributed by atoms with Gasteiger partial charge in [-0.2, -0.15) is 0 Å². The number of carbonyl (C=O) groups excluding carboxylic acids is 2. The molecule has 1 atom stereocenters. The SMILES string of the molecule is Cc1cc(C(=O)N2CCCC2C(=O)N2CCC(N)CC2)ccc1[N+](=O)[O-].Cl. The average molecular weight is 397 g/mol. The maximum atomic E-state index is 12.9. The number of hydrogen-bond donors (Lipinski definition) is 1. The molecule has 0 aromatic heterocycles. The van der Waals surface area contributed by atoms with Crippen molar-refractivity contribution >= 4 is 29.9 Å². The minimum atomic E-state index is -0.465. The summed E-state index contributed by atoms with van der Waals surface area (Å²) in [5.41, 5.74) is 6.71. The maximum Gasteiger partial charge on any atom is 0.272 e. The van der Waals surface area contributed by atoms with Crippen LogP contribution in [0.2, 0.25) is 0 Å². The number of nitro benzene ring substituents is 1. The molecule has 2 aliphatic heterocycles. The molecule has 0 spiro atoms. The lowest BCUT2D eigenvalue weighted by molar-refractivity contribution is -0.385. The van der Waals surface area contributed by atoms with Gasteiger partial charge in [0.25, 0.3) is 11.6 Å². The average Bonchev–Trinajstić information content (AvgIpc) is 3.10. The van der Waals surface area contributed by atoms with Crippen LogP contribution in [-0.2, 0) is 4.79 Å². The fourth-order valence-electron chi connectivity index (χ4n) is 3.76. The second-order valence-electron chi connectivity index (χ2n) is 7.08. The van der Waals surface area contributed by atoms with Crippen LogP contribution < -0.4 is 5.73 Å². The first kappa shape index (κ1) is 21.1. The van der Waals surface area contributed by atoms with Gasteiger partial charge in [0, 0.05) is 42.9 Å². The Morgan fingerprint density at radius 3 is 2.44 bits per heavy atom. The molecule has 2 N–H and O–H groups in total. The number of rotatable bonds is 3. The van der Waals surface area contributed by atoms with Crippen LogP contribution in [0.1, 0.15) is 41.6 Å². The van der Waals surface area contributed by atoms with Crippen LogP contribution in [0.5, 0.6) is 0 Å². The van der Waals surface area contributed by atoms with Crippen LogP contribution in [0.3, 0.4) is 0 Å². The molecule has 2 aliphatic rings. The van der Waals surface area contributed by atoms with Crippen LogP contribution in [0.25, 0.3) is 0 Å². The molecular weight excluding hydrogens is 372 g/mol. The van der Waals surface area contributed by atoms with E-state index in [1.54, 1.807) is 16.7 Å². The van der Waals surface area contributed by atoms with Crippen molar-refractivity contribution < 1.29 is 14.5 Å². The Labute approximate surface area is 164 Å². The fourth-order valence-corrected chi connectivity index (χ4v) is 3.76. The molecule has 0 radical (unpaired) electrons. The molecule has 1 aromatic rings. The van der Waals surface area contributed by atoms with Crippen LogP contribution in [-0.4, -0.2) is 58.3 Å². The van der Waals surface area contributed by atoms with Crippen LogP contribution in [0, 0.1) is 17.0 Å². The van der Waals surface area contributed by atoms with Gasteiger partial charge in [-0.1, -0.05) is 0 Å². The van der Waals surface area contributed by atoms with Crippen molar-refractivity contribution in [3.05, 3.63) is 39.4 Å². The van der Waals surface area contributed by atoms with Crippen molar-refractivity contribution in [3.63, 3.8) is 0 Å². The lowest BCUT2D eigenvalue weighted by Crippen LogP contribution is -2.51. The predicted octanol–water partition coefficient (Wildman–Crippen LogP) is 1.88. The molecule has 0 saturated carbocycles. The normalized spacial score (nSPS) is 20.3. The highest BCUT2D eigenvalue weighted by Gasteiger charge is 2.37. The molecular formula is C18H25ClN4O4. The van der Waals surface area contributed by atoms with E-state index in [-0.39, 0.29) is 36.0 Å². The monoisotopic (exact) mass is 396 g/mol. The Hall–Kier alpha value is -2.19. The minimum Gasteiger partial charge on any atom is -0.341 e. The Morgan fingerprint density at radius 2 is 1.85 bits per heavy atom. The summed E-state index contributed by atoms with van der Waals surface area (Å²) in [6, 6.07) is 4.03. The topological polar surface area (TPSA) is 110 Å². The van der Waals surface area contributed by atoms with Gasteiger partial charge >= 0.3 is 0 Å². The van der Waals surface area contributed by atoms with E-state index in [1.807, 2.05) is 0 Å². The number of nitrogens with zero attached hydrogens (tertiary/aromatic N) is 3. The number of amides is 2. The second kappa shape index (κ2) is 8.67. The molecule has 148 valence electrons. The van der Waals surface area contributed by atoms with E-state index in [2.05, 4.69) is 0 Å². The quantitative estimate of drug-likeness (QED) is 0.619. The molecule has 27 heavy (non-hydrogen) atoms. The van der Waals surface area contributed by atoms with Crippen molar-refractivity contribution in [1.82, 2.24) is 9.80 Å². The fraction of sp³-hybridized carbons (Fsp3) is 0.556. The molecule has 3 rings (SSSR count). The van der Waals surface area contributed by atoms with E-state index < -0.39 is 11.0 Å². The molecule has 2 fully saturated rings. The molecule has 9 heteroatoms. The molecule has 1 aromatic carbocycles. The third kappa shape index (κ3) is 4.39.